The number of hydrogen-bond donors (Lipinski definition) is 1. The maximum atomic E-state index is 12.1. The fraction of sp³-hybridized carbons (Fsp3) is 0.176. The molecule has 0 aliphatic rings. The molecule has 0 spiro atoms. The lowest BCUT2D eigenvalue weighted by Crippen LogP contribution is -2.39. The minimum absolute atomic E-state index is 0.126. The molecule has 8 nitrogen and oxygen atoms in total. The van der Waals surface area contributed by atoms with Gasteiger partial charge in [-0.2, -0.15) is 10.4 Å². The third-order valence-electron chi connectivity index (χ3n) is 3.85. The topological polar surface area (TPSA) is 97.6 Å². The maximum absolute atomic E-state index is 12.1. The monoisotopic (exact) mass is 336 g/mol. The Morgan fingerprint density at radius 1 is 1.12 bits per heavy atom. The molecule has 1 aromatic carbocycles. The summed E-state index contributed by atoms with van der Waals surface area (Å²) in [7, 11) is 2.83. The number of rotatable bonds is 4. The molecule has 3 rings (SSSR count). The van der Waals surface area contributed by atoms with E-state index in [1.807, 2.05) is 36.4 Å². The third kappa shape index (κ3) is 3.07. The van der Waals surface area contributed by atoms with Gasteiger partial charge in [-0.3, -0.25) is 18.6 Å². The summed E-state index contributed by atoms with van der Waals surface area (Å²) in [6, 6.07) is 13.4. The average Bonchev–Trinajstić information content (AvgIpc) is 3.06. The van der Waals surface area contributed by atoms with Crippen LogP contribution in [0.2, 0.25) is 0 Å². The summed E-state index contributed by atoms with van der Waals surface area (Å²) in [6.45, 7) is 0.586. The van der Waals surface area contributed by atoms with Gasteiger partial charge in [0.05, 0.1) is 6.54 Å². The lowest BCUT2D eigenvalue weighted by Gasteiger charge is -2.12. The molecule has 0 saturated carbocycles. The van der Waals surface area contributed by atoms with Gasteiger partial charge in [-0.1, -0.05) is 30.3 Å². The molecule has 0 unspecified atom stereocenters. The molecular weight excluding hydrogens is 320 g/mol. The summed E-state index contributed by atoms with van der Waals surface area (Å²) in [5, 5.41) is 16.5. The number of nitriles is 1. The van der Waals surface area contributed by atoms with Crippen molar-refractivity contribution in [1.29, 1.82) is 5.26 Å². The summed E-state index contributed by atoms with van der Waals surface area (Å²) >= 11 is 0. The van der Waals surface area contributed by atoms with Gasteiger partial charge in [-0.15, -0.1) is 0 Å². The second kappa shape index (κ2) is 6.49. The van der Waals surface area contributed by atoms with E-state index in [1.165, 1.54) is 18.7 Å². The molecule has 2 heterocycles. The molecule has 25 heavy (non-hydrogen) atoms. The standard InChI is InChI=1S/C17H16N6O2/c1-21-15(13(10-18)16(24)22(2)17(21)25)19-14-8-9-23(20-14)11-12-6-4-3-5-7-12/h3-9H,11H2,1-2H3,(H,19,20). The molecule has 1 N–H and O–H groups in total. The van der Waals surface area contributed by atoms with Crippen LogP contribution in [0.15, 0.2) is 52.2 Å². The molecule has 126 valence electrons. The maximum Gasteiger partial charge on any atom is 0.332 e. The second-order valence-electron chi connectivity index (χ2n) is 5.55. The van der Waals surface area contributed by atoms with Gasteiger partial charge < -0.3 is 5.32 Å². The highest BCUT2D eigenvalue weighted by Crippen LogP contribution is 2.15. The minimum atomic E-state index is -0.642. The minimum Gasteiger partial charge on any atom is -0.323 e. The van der Waals surface area contributed by atoms with Crippen molar-refractivity contribution < 1.29 is 0 Å². The molecule has 3 aromatic rings. The molecule has 0 fully saturated rings. The Kier molecular flexibility index (Phi) is 4.22. The second-order valence-corrected chi connectivity index (χ2v) is 5.55. The summed E-state index contributed by atoms with van der Waals surface area (Å²) in [6.07, 6.45) is 1.78. The number of nitrogens with zero attached hydrogens (tertiary/aromatic N) is 5. The molecule has 8 heteroatoms. The highest BCUT2D eigenvalue weighted by Gasteiger charge is 2.16. The van der Waals surface area contributed by atoms with Crippen molar-refractivity contribution in [3.8, 4) is 6.07 Å². The first-order valence-electron chi connectivity index (χ1n) is 7.55. The Morgan fingerprint density at radius 2 is 1.84 bits per heavy atom. The first-order chi connectivity index (χ1) is 12.0. The van der Waals surface area contributed by atoms with Crippen LogP contribution in [0.5, 0.6) is 0 Å². The van der Waals surface area contributed by atoms with Crippen LogP contribution in [0.25, 0.3) is 0 Å². The molecule has 0 amide bonds. The fourth-order valence-corrected chi connectivity index (χ4v) is 2.50. The summed E-state index contributed by atoms with van der Waals surface area (Å²) < 4.78 is 3.84. The Bertz CT molecular complexity index is 1070. The smallest absolute Gasteiger partial charge is 0.323 e. The first-order valence-corrected chi connectivity index (χ1v) is 7.55. The lowest BCUT2D eigenvalue weighted by atomic mass is 10.2. The quantitative estimate of drug-likeness (QED) is 0.765. The van der Waals surface area contributed by atoms with Gasteiger partial charge >= 0.3 is 5.69 Å². The molecular formula is C17H16N6O2. The Balaban J connectivity index is 1.93. The van der Waals surface area contributed by atoms with Gasteiger partial charge in [0, 0.05) is 26.4 Å². The van der Waals surface area contributed by atoms with Crippen molar-refractivity contribution in [1.82, 2.24) is 18.9 Å². The van der Waals surface area contributed by atoms with Crippen LogP contribution in [0, 0.1) is 11.3 Å². The normalized spacial score (nSPS) is 10.4. The highest BCUT2D eigenvalue weighted by molar-refractivity contribution is 5.59. The molecule has 0 aliphatic heterocycles. The number of anilines is 2. The molecule has 2 aromatic heterocycles. The molecule has 0 atom stereocenters. The van der Waals surface area contributed by atoms with Crippen molar-refractivity contribution in [3.63, 3.8) is 0 Å². The predicted molar refractivity (Wildman–Crippen MR) is 92.7 cm³/mol. The molecule has 0 aliphatic carbocycles. The van der Waals surface area contributed by atoms with Crippen molar-refractivity contribution in [2.75, 3.05) is 5.32 Å². The van der Waals surface area contributed by atoms with E-state index in [2.05, 4.69) is 10.4 Å². The summed E-state index contributed by atoms with van der Waals surface area (Å²) in [4.78, 5) is 24.2. The van der Waals surface area contributed by atoms with Crippen LogP contribution in [0.3, 0.4) is 0 Å². The van der Waals surface area contributed by atoms with Crippen LogP contribution >= 0.6 is 0 Å². The van der Waals surface area contributed by atoms with E-state index < -0.39 is 11.2 Å². The Hall–Kier alpha value is -3.60. The molecule has 0 saturated heterocycles. The largest absolute Gasteiger partial charge is 0.332 e. The average molecular weight is 336 g/mol. The van der Waals surface area contributed by atoms with Crippen molar-refractivity contribution in [2.45, 2.75) is 6.54 Å². The van der Waals surface area contributed by atoms with Crippen LogP contribution in [0.4, 0.5) is 11.6 Å². The van der Waals surface area contributed by atoms with E-state index in [-0.39, 0.29) is 11.4 Å². The van der Waals surface area contributed by atoms with E-state index in [0.29, 0.717) is 12.4 Å². The molecule has 0 radical (unpaired) electrons. The number of hydrogen-bond acceptors (Lipinski definition) is 5. The first kappa shape index (κ1) is 16.3. The van der Waals surface area contributed by atoms with Crippen molar-refractivity contribution >= 4 is 11.6 Å². The predicted octanol–water partition coefficient (Wildman–Crippen LogP) is 0.944. The van der Waals surface area contributed by atoms with Gasteiger partial charge in [0.15, 0.2) is 11.4 Å². The van der Waals surface area contributed by atoms with Gasteiger partial charge in [-0.05, 0) is 5.56 Å². The zero-order valence-corrected chi connectivity index (χ0v) is 13.8. The van der Waals surface area contributed by atoms with E-state index in [4.69, 9.17) is 0 Å². The fourth-order valence-electron chi connectivity index (χ4n) is 2.50. The Morgan fingerprint density at radius 3 is 2.52 bits per heavy atom. The van der Waals surface area contributed by atoms with Gasteiger partial charge in [0.25, 0.3) is 5.56 Å². The SMILES string of the molecule is Cn1c(Nc2ccn(Cc3ccccc3)n2)c(C#N)c(=O)n(C)c1=O. The zero-order chi connectivity index (χ0) is 18.0. The van der Waals surface area contributed by atoms with Crippen molar-refractivity contribution in [2.24, 2.45) is 14.1 Å². The van der Waals surface area contributed by atoms with E-state index >= 15 is 0 Å². The van der Waals surface area contributed by atoms with Gasteiger partial charge in [0.2, 0.25) is 0 Å². The van der Waals surface area contributed by atoms with E-state index in [9.17, 15) is 14.9 Å². The van der Waals surface area contributed by atoms with Gasteiger partial charge in [0.1, 0.15) is 11.9 Å². The number of aromatic nitrogens is 4. The van der Waals surface area contributed by atoms with Gasteiger partial charge in [-0.25, -0.2) is 4.79 Å². The van der Waals surface area contributed by atoms with Crippen LogP contribution in [0.1, 0.15) is 11.1 Å². The van der Waals surface area contributed by atoms with Crippen LogP contribution in [-0.4, -0.2) is 18.9 Å². The Labute approximate surface area is 143 Å². The summed E-state index contributed by atoms with van der Waals surface area (Å²) in [5.41, 5.74) is -0.204. The molecule has 0 bridgehead atoms. The van der Waals surface area contributed by atoms with Crippen LogP contribution < -0.4 is 16.6 Å². The van der Waals surface area contributed by atoms with E-state index in [0.717, 1.165) is 10.1 Å². The third-order valence-corrected chi connectivity index (χ3v) is 3.85. The van der Waals surface area contributed by atoms with Crippen LogP contribution in [-0.2, 0) is 20.6 Å². The van der Waals surface area contributed by atoms with E-state index in [1.54, 1.807) is 16.9 Å². The summed E-state index contributed by atoms with van der Waals surface area (Å²) in [5.74, 6) is 0.566. The number of benzene rings is 1. The highest BCUT2D eigenvalue weighted by atomic mass is 16.2. The lowest BCUT2D eigenvalue weighted by molar-refractivity contribution is 0.681. The number of nitrogens with one attached hydrogen (secondary N) is 1. The zero-order valence-electron chi connectivity index (χ0n) is 13.8. The van der Waals surface area contributed by atoms with Crippen molar-refractivity contribution in [3.05, 3.63) is 74.6 Å².